The smallest absolute Gasteiger partial charge is 0.422 e. The summed E-state index contributed by atoms with van der Waals surface area (Å²) in [4.78, 5) is 17.9. The molecule has 0 aliphatic heterocycles. The van der Waals surface area contributed by atoms with E-state index in [1.54, 1.807) is 30.3 Å². The average molecular weight is 409 g/mol. The molecule has 7 nitrogen and oxygen atoms in total. The highest BCUT2D eigenvalue weighted by atomic mass is 19.4. The molecule has 0 spiro atoms. The quantitative estimate of drug-likeness (QED) is 0.605. The van der Waals surface area contributed by atoms with Crippen LogP contribution in [-0.2, 0) is 19.6 Å². The lowest BCUT2D eigenvalue weighted by molar-refractivity contribution is -0.154. The van der Waals surface area contributed by atoms with E-state index in [0.29, 0.717) is 17.1 Å². The van der Waals surface area contributed by atoms with Gasteiger partial charge in [-0.15, -0.1) is 0 Å². The predicted octanol–water partition coefficient (Wildman–Crippen LogP) is 4.12. The first-order valence-electron chi connectivity index (χ1n) is 8.62. The van der Waals surface area contributed by atoms with Crippen LogP contribution < -0.4 is 10.1 Å². The van der Waals surface area contributed by atoms with Gasteiger partial charge in [-0.2, -0.15) is 13.2 Å². The molecule has 0 radical (unpaired) electrons. The largest absolute Gasteiger partial charge is 0.468 e. The number of nitrogens with one attached hydrogen (secondary N) is 1. The van der Waals surface area contributed by atoms with Crippen molar-refractivity contribution in [2.24, 2.45) is 0 Å². The van der Waals surface area contributed by atoms with Gasteiger partial charge < -0.3 is 23.8 Å². The Morgan fingerprint density at radius 3 is 2.28 bits per heavy atom. The van der Waals surface area contributed by atoms with Crippen LogP contribution in [0.4, 0.5) is 18.0 Å². The summed E-state index contributed by atoms with van der Waals surface area (Å²) in [6.07, 6.45) is -0.172. The molecule has 0 unspecified atom stereocenters. The Kier molecular flexibility index (Phi) is 6.43. The normalized spacial score (nSPS) is 11.3. The Labute approximate surface area is 164 Å². The zero-order chi connectivity index (χ0) is 20.7. The van der Waals surface area contributed by atoms with Crippen molar-refractivity contribution in [1.82, 2.24) is 15.2 Å². The number of ether oxygens (including phenoxy) is 1. The third-order valence-electron chi connectivity index (χ3n) is 3.79. The van der Waals surface area contributed by atoms with Crippen LogP contribution in [0, 0.1) is 0 Å². The van der Waals surface area contributed by atoms with Gasteiger partial charge >= 0.3 is 12.2 Å². The van der Waals surface area contributed by atoms with Crippen LogP contribution in [0.25, 0.3) is 0 Å². The van der Waals surface area contributed by atoms with Crippen LogP contribution in [0.1, 0.15) is 17.1 Å². The van der Waals surface area contributed by atoms with Crippen LogP contribution in [0.2, 0.25) is 0 Å². The highest BCUT2D eigenvalue weighted by Gasteiger charge is 2.29. The van der Waals surface area contributed by atoms with Gasteiger partial charge in [0.25, 0.3) is 0 Å². The second-order valence-corrected chi connectivity index (χ2v) is 6.05. The molecule has 3 aromatic heterocycles. The van der Waals surface area contributed by atoms with E-state index in [1.165, 1.54) is 29.7 Å². The summed E-state index contributed by atoms with van der Waals surface area (Å²) >= 11 is 0. The summed E-state index contributed by atoms with van der Waals surface area (Å²) < 4.78 is 52.5. The number of amides is 2. The second kappa shape index (κ2) is 9.18. The van der Waals surface area contributed by atoms with Crippen molar-refractivity contribution in [2.75, 3.05) is 6.61 Å². The average Bonchev–Trinajstić information content (AvgIpc) is 3.38. The zero-order valence-corrected chi connectivity index (χ0v) is 15.2. The minimum atomic E-state index is -4.49. The van der Waals surface area contributed by atoms with E-state index in [0.717, 1.165) is 0 Å². The topological polar surface area (TPSA) is 80.7 Å². The summed E-state index contributed by atoms with van der Waals surface area (Å²) in [5.74, 6) is 0.957. The number of alkyl halides is 3. The lowest BCUT2D eigenvalue weighted by Crippen LogP contribution is -2.38. The summed E-state index contributed by atoms with van der Waals surface area (Å²) in [7, 11) is 0. The van der Waals surface area contributed by atoms with E-state index in [1.807, 2.05) is 0 Å². The van der Waals surface area contributed by atoms with Crippen LogP contribution >= 0.6 is 0 Å². The molecule has 2 amide bonds. The third kappa shape index (κ3) is 6.30. The first kappa shape index (κ1) is 20.3. The van der Waals surface area contributed by atoms with Gasteiger partial charge in [-0.1, -0.05) is 6.07 Å². The summed E-state index contributed by atoms with van der Waals surface area (Å²) in [5, 5.41) is 2.66. The highest BCUT2D eigenvalue weighted by molar-refractivity contribution is 5.74. The van der Waals surface area contributed by atoms with Crippen LogP contribution in [0.5, 0.6) is 5.88 Å². The summed E-state index contributed by atoms with van der Waals surface area (Å²) in [5.41, 5.74) is 0.320. The van der Waals surface area contributed by atoms with Gasteiger partial charge in [0.15, 0.2) is 6.61 Å². The SMILES string of the molecule is O=C(NCc1cccnc1OCC(F)(F)F)N(Cc1ccco1)Cc1ccco1. The fourth-order valence-corrected chi connectivity index (χ4v) is 2.50. The number of carbonyl (C=O) groups is 1. The monoisotopic (exact) mass is 409 g/mol. The van der Waals surface area contributed by atoms with Gasteiger partial charge in [0.2, 0.25) is 5.88 Å². The lowest BCUT2D eigenvalue weighted by atomic mass is 10.2. The Bertz CT molecular complexity index is 860. The molecular formula is C19H18F3N3O4. The Balaban J connectivity index is 1.65. The van der Waals surface area contributed by atoms with Crippen molar-refractivity contribution < 1.29 is 31.5 Å². The van der Waals surface area contributed by atoms with E-state index < -0.39 is 18.8 Å². The van der Waals surface area contributed by atoms with Crippen molar-refractivity contribution in [3.05, 3.63) is 72.2 Å². The molecule has 0 saturated heterocycles. The molecule has 3 rings (SSSR count). The van der Waals surface area contributed by atoms with Crippen LogP contribution in [0.3, 0.4) is 0 Å². The van der Waals surface area contributed by atoms with Gasteiger partial charge in [-0.3, -0.25) is 0 Å². The van der Waals surface area contributed by atoms with E-state index in [9.17, 15) is 18.0 Å². The first-order valence-corrected chi connectivity index (χ1v) is 8.62. The molecule has 3 heterocycles. The Hall–Kier alpha value is -3.43. The van der Waals surface area contributed by atoms with Crippen LogP contribution in [-0.4, -0.2) is 28.7 Å². The van der Waals surface area contributed by atoms with Gasteiger partial charge in [0.1, 0.15) is 11.5 Å². The molecule has 3 aromatic rings. The molecule has 0 atom stereocenters. The molecular weight excluding hydrogens is 391 g/mol. The molecule has 0 bridgehead atoms. The molecule has 0 aliphatic rings. The maximum absolute atomic E-state index is 12.7. The number of hydrogen-bond acceptors (Lipinski definition) is 5. The van der Waals surface area contributed by atoms with Gasteiger partial charge in [0, 0.05) is 18.3 Å². The predicted molar refractivity (Wildman–Crippen MR) is 94.7 cm³/mol. The number of hydrogen-bond donors (Lipinski definition) is 1. The van der Waals surface area contributed by atoms with E-state index in [-0.39, 0.29) is 25.5 Å². The van der Waals surface area contributed by atoms with Crippen LogP contribution in [0.15, 0.2) is 64.0 Å². The van der Waals surface area contributed by atoms with Crippen molar-refractivity contribution in [2.45, 2.75) is 25.8 Å². The minimum Gasteiger partial charge on any atom is -0.468 e. The highest BCUT2D eigenvalue weighted by Crippen LogP contribution is 2.20. The van der Waals surface area contributed by atoms with E-state index >= 15 is 0 Å². The zero-order valence-electron chi connectivity index (χ0n) is 15.2. The second-order valence-electron chi connectivity index (χ2n) is 6.05. The number of halogens is 3. The molecule has 0 saturated carbocycles. The Morgan fingerprint density at radius 2 is 1.72 bits per heavy atom. The number of urea groups is 1. The fourth-order valence-electron chi connectivity index (χ4n) is 2.50. The fraction of sp³-hybridized carbons (Fsp3) is 0.263. The number of nitrogens with zero attached hydrogens (tertiary/aromatic N) is 2. The third-order valence-corrected chi connectivity index (χ3v) is 3.79. The number of furan rings is 2. The number of pyridine rings is 1. The van der Waals surface area contributed by atoms with Crippen molar-refractivity contribution in [3.63, 3.8) is 0 Å². The Morgan fingerprint density at radius 1 is 1.07 bits per heavy atom. The minimum absolute atomic E-state index is 0.0628. The molecule has 29 heavy (non-hydrogen) atoms. The van der Waals surface area contributed by atoms with E-state index in [2.05, 4.69) is 10.3 Å². The van der Waals surface area contributed by atoms with Gasteiger partial charge in [0.05, 0.1) is 25.6 Å². The van der Waals surface area contributed by atoms with Crippen molar-refractivity contribution in [3.8, 4) is 5.88 Å². The van der Waals surface area contributed by atoms with Crippen molar-refractivity contribution >= 4 is 6.03 Å². The number of carbonyl (C=O) groups excluding carboxylic acids is 1. The number of rotatable bonds is 8. The standard InChI is InChI=1S/C19H18F3N3O4/c20-19(21,22)13-29-17-14(4-1-7-23-17)10-24-18(26)25(11-15-5-2-8-27-15)12-16-6-3-9-28-16/h1-9H,10-13H2,(H,24,26). The molecule has 0 fully saturated rings. The molecule has 0 aromatic carbocycles. The summed E-state index contributed by atoms with van der Waals surface area (Å²) in [6.45, 7) is -1.16. The maximum Gasteiger partial charge on any atom is 0.422 e. The first-order chi connectivity index (χ1) is 13.9. The molecule has 154 valence electrons. The number of aromatic nitrogens is 1. The lowest BCUT2D eigenvalue weighted by Gasteiger charge is -2.21. The maximum atomic E-state index is 12.7. The van der Waals surface area contributed by atoms with Gasteiger partial charge in [-0.05, 0) is 30.3 Å². The molecule has 1 N–H and O–H groups in total. The van der Waals surface area contributed by atoms with Gasteiger partial charge in [-0.25, -0.2) is 9.78 Å². The summed E-state index contributed by atoms with van der Waals surface area (Å²) in [6, 6.07) is 9.49. The molecule has 10 heteroatoms. The van der Waals surface area contributed by atoms with E-state index in [4.69, 9.17) is 13.6 Å². The molecule has 0 aliphatic carbocycles. The van der Waals surface area contributed by atoms with Crippen molar-refractivity contribution in [1.29, 1.82) is 0 Å².